The van der Waals surface area contributed by atoms with E-state index in [2.05, 4.69) is 32.3 Å². The predicted octanol–water partition coefficient (Wildman–Crippen LogP) is 4.83. The molecule has 0 aliphatic rings. The van der Waals surface area contributed by atoms with Crippen LogP contribution in [0.4, 0.5) is 5.69 Å². The van der Waals surface area contributed by atoms with E-state index in [1.165, 1.54) is 10.6 Å². The van der Waals surface area contributed by atoms with E-state index < -0.39 is 12.0 Å². The molecule has 0 fully saturated rings. The Bertz CT molecular complexity index is 1250. The minimum atomic E-state index is -0.577. The Hall–Kier alpha value is -3.09. The molecule has 172 valence electrons. The molecular weight excluding hydrogens is 510 g/mol. The van der Waals surface area contributed by atoms with Crippen LogP contribution in [0.1, 0.15) is 60.2 Å². The number of pyridine rings is 1. The van der Waals surface area contributed by atoms with Gasteiger partial charge in [-0.1, -0.05) is 23.7 Å². The van der Waals surface area contributed by atoms with Crippen LogP contribution in [-0.4, -0.2) is 26.7 Å². The van der Waals surface area contributed by atoms with Gasteiger partial charge in [0.1, 0.15) is 5.02 Å². The third kappa shape index (κ3) is 5.13. The summed E-state index contributed by atoms with van der Waals surface area (Å²) >= 11 is 9.61. The largest absolute Gasteiger partial charge is 0.461 e. The molecule has 1 atom stereocenters. The second kappa shape index (κ2) is 10.2. The van der Waals surface area contributed by atoms with E-state index in [1.807, 2.05) is 18.4 Å². The highest BCUT2D eigenvalue weighted by Crippen LogP contribution is 2.34. The Morgan fingerprint density at radius 2 is 2.00 bits per heavy atom. The Morgan fingerprint density at radius 1 is 1.33 bits per heavy atom. The van der Waals surface area contributed by atoms with Crippen LogP contribution in [0.15, 0.2) is 46.1 Å². The summed E-state index contributed by atoms with van der Waals surface area (Å²) in [5, 5.41) is 12.7. The number of ether oxygens (including phenoxy) is 1. The Balaban J connectivity index is 2.26. The van der Waals surface area contributed by atoms with Crippen molar-refractivity contribution in [3.63, 3.8) is 0 Å². The number of aromatic nitrogens is 3. The molecule has 2 aromatic heterocycles. The molecule has 0 aliphatic carbocycles. The lowest BCUT2D eigenvalue weighted by molar-refractivity contribution is 0.0518. The molecule has 1 unspecified atom stereocenters. The molecule has 0 aliphatic heterocycles. The van der Waals surface area contributed by atoms with Gasteiger partial charge in [0.05, 0.1) is 35.7 Å². The maximum Gasteiger partial charge on any atom is 0.358 e. The summed E-state index contributed by atoms with van der Waals surface area (Å²) in [5.74, 6) is -0.550. The molecule has 3 aromatic rings. The smallest absolute Gasteiger partial charge is 0.358 e. The number of nitriles is 1. The van der Waals surface area contributed by atoms with Gasteiger partial charge in [0.15, 0.2) is 10.4 Å². The molecule has 1 N–H and O–H groups in total. The molecule has 0 bridgehead atoms. The number of carbonyl (C=O) groups is 1. The van der Waals surface area contributed by atoms with Crippen LogP contribution in [0, 0.1) is 11.3 Å². The zero-order valence-corrected chi connectivity index (χ0v) is 20.9. The van der Waals surface area contributed by atoms with E-state index in [0.29, 0.717) is 21.7 Å². The van der Waals surface area contributed by atoms with E-state index in [9.17, 15) is 14.9 Å². The summed E-state index contributed by atoms with van der Waals surface area (Å²) in [6.07, 6.45) is 1.63. The quantitative estimate of drug-likeness (QED) is 0.437. The van der Waals surface area contributed by atoms with E-state index in [1.54, 1.807) is 44.4 Å². The fraction of sp³-hybridized carbons (Fsp3) is 0.304. The van der Waals surface area contributed by atoms with Gasteiger partial charge in [0.25, 0.3) is 5.56 Å². The maximum atomic E-state index is 12.8. The van der Waals surface area contributed by atoms with Crippen molar-refractivity contribution < 1.29 is 9.53 Å². The number of esters is 1. The highest BCUT2D eigenvalue weighted by atomic mass is 79.9. The molecule has 1 aromatic carbocycles. The number of imidazole rings is 1. The predicted molar refractivity (Wildman–Crippen MR) is 130 cm³/mol. The van der Waals surface area contributed by atoms with Crippen LogP contribution in [-0.2, 0) is 11.8 Å². The van der Waals surface area contributed by atoms with Crippen LogP contribution in [0.2, 0.25) is 5.02 Å². The lowest BCUT2D eigenvalue weighted by Gasteiger charge is -2.25. The summed E-state index contributed by atoms with van der Waals surface area (Å²) in [4.78, 5) is 29.4. The summed E-state index contributed by atoms with van der Waals surface area (Å²) in [6, 6.07) is 10.0. The van der Waals surface area contributed by atoms with Gasteiger partial charge in [-0.2, -0.15) is 5.26 Å². The average molecular weight is 533 g/mol. The molecule has 0 radical (unpaired) electrons. The maximum absolute atomic E-state index is 12.8. The number of carbonyl (C=O) groups excluding carboxylic acids is 1. The van der Waals surface area contributed by atoms with Crippen molar-refractivity contribution in [2.75, 3.05) is 11.9 Å². The number of hydrogen-bond donors (Lipinski definition) is 1. The second-order valence-corrected chi connectivity index (χ2v) is 8.72. The average Bonchev–Trinajstić information content (AvgIpc) is 3.13. The molecule has 0 saturated heterocycles. The van der Waals surface area contributed by atoms with Crippen LogP contribution in [0.5, 0.6) is 0 Å². The normalized spacial score (nSPS) is 11.8. The van der Waals surface area contributed by atoms with Crippen molar-refractivity contribution >= 4 is 39.2 Å². The zero-order valence-electron chi connectivity index (χ0n) is 18.6. The first kappa shape index (κ1) is 24.6. The second-order valence-electron chi connectivity index (χ2n) is 7.60. The van der Waals surface area contributed by atoms with Crippen LogP contribution in [0.3, 0.4) is 0 Å². The van der Waals surface area contributed by atoms with Gasteiger partial charge in [-0.3, -0.25) is 4.79 Å². The molecule has 0 spiro atoms. The van der Waals surface area contributed by atoms with E-state index in [4.69, 9.17) is 16.3 Å². The summed E-state index contributed by atoms with van der Waals surface area (Å²) in [6.45, 7) is 5.89. The number of nitrogens with zero attached hydrogens (tertiary/aromatic N) is 4. The minimum Gasteiger partial charge on any atom is -0.461 e. The highest BCUT2D eigenvalue weighted by Gasteiger charge is 2.31. The van der Waals surface area contributed by atoms with Crippen molar-refractivity contribution in [1.82, 2.24) is 14.1 Å². The molecule has 3 rings (SSSR count). The van der Waals surface area contributed by atoms with Crippen LogP contribution >= 0.6 is 27.5 Å². The molecule has 0 saturated carbocycles. The number of rotatable bonds is 7. The first-order valence-electron chi connectivity index (χ1n) is 10.2. The SMILES string of the molecule is CCOC(=O)c1nc(Br)n(C(C)C)c1C(Nc1cc(Cl)c(=O)n(C)c1)c1ccc(C#N)cc1. The number of anilines is 1. The first-order valence-corrected chi connectivity index (χ1v) is 11.4. The van der Waals surface area contributed by atoms with E-state index >= 15 is 0 Å². The Labute approximate surface area is 204 Å². The van der Waals surface area contributed by atoms with Gasteiger partial charge >= 0.3 is 5.97 Å². The summed E-state index contributed by atoms with van der Waals surface area (Å²) in [5.41, 5.74) is 2.27. The third-order valence-electron chi connectivity index (χ3n) is 4.99. The van der Waals surface area contributed by atoms with Crippen LogP contribution < -0.4 is 10.9 Å². The van der Waals surface area contributed by atoms with Gasteiger partial charge in [0.2, 0.25) is 0 Å². The monoisotopic (exact) mass is 531 g/mol. The lowest BCUT2D eigenvalue weighted by Crippen LogP contribution is -2.23. The van der Waals surface area contributed by atoms with Crippen molar-refractivity contribution in [3.05, 3.63) is 79.2 Å². The number of nitrogens with one attached hydrogen (secondary N) is 1. The standard InChI is InChI=1S/C23H23BrClN5O3/c1-5-33-22(32)19-20(30(13(2)3)23(24)28-19)18(15-8-6-14(11-26)7-9-15)27-16-10-17(25)21(31)29(4)12-16/h6-10,12-13,18,27H,5H2,1-4H3. The fourth-order valence-corrected chi connectivity index (χ4v) is 4.54. The number of aryl methyl sites for hydroxylation is 1. The van der Waals surface area contributed by atoms with E-state index in [0.717, 1.165) is 5.56 Å². The Morgan fingerprint density at radius 3 is 2.55 bits per heavy atom. The summed E-state index contributed by atoms with van der Waals surface area (Å²) < 4.78 is 9.02. The fourth-order valence-electron chi connectivity index (χ4n) is 3.51. The highest BCUT2D eigenvalue weighted by molar-refractivity contribution is 9.10. The van der Waals surface area contributed by atoms with Gasteiger partial charge < -0.3 is 19.2 Å². The Kier molecular flexibility index (Phi) is 7.61. The van der Waals surface area contributed by atoms with Crippen molar-refractivity contribution in [3.8, 4) is 6.07 Å². The van der Waals surface area contributed by atoms with Gasteiger partial charge in [-0.15, -0.1) is 0 Å². The van der Waals surface area contributed by atoms with E-state index in [-0.39, 0.29) is 28.9 Å². The third-order valence-corrected chi connectivity index (χ3v) is 5.82. The molecule has 33 heavy (non-hydrogen) atoms. The van der Waals surface area contributed by atoms with Crippen molar-refractivity contribution in [2.45, 2.75) is 32.9 Å². The number of halogens is 2. The molecule has 10 heteroatoms. The van der Waals surface area contributed by atoms with Gasteiger partial charge in [-0.25, -0.2) is 9.78 Å². The summed E-state index contributed by atoms with van der Waals surface area (Å²) in [7, 11) is 1.61. The molecule has 0 amide bonds. The number of benzene rings is 1. The van der Waals surface area contributed by atoms with Crippen LogP contribution in [0.25, 0.3) is 0 Å². The van der Waals surface area contributed by atoms with Crippen molar-refractivity contribution in [2.24, 2.45) is 7.05 Å². The molecule has 2 heterocycles. The van der Waals surface area contributed by atoms with Crippen molar-refractivity contribution in [1.29, 1.82) is 5.26 Å². The lowest BCUT2D eigenvalue weighted by atomic mass is 9.99. The molecule has 8 nitrogen and oxygen atoms in total. The van der Waals surface area contributed by atoms with Gasteiger partial charge in [-0.05, 0) is 60.5 Å². The first-order chi connectivity index (χ1) is 15.7. The minimum absolute atomic E-state index is 0.0450. The zero-order chi connectivity index (χ0) is 24.3. The topological polar surface area (TPSA) is 102 Å². The number of hydrogen-bond acceptors (Lipinski definition) is 6. The molecular formula is C23H23BrClN5O3. The van der Waals surface area contributed by atoms with Gasteiger partial charge in [0, 0.05) is 19.3 Å².